The van der Waals surface area contributed by atoms with Crippen molar-refractivity contribution in [2.75, 3.05) is 13.2 Å². The van der Waals surface area contributed by atoms with Gasteiger partial charge in [-0.1, -0.05) is 382 Å². The van der Waals surface area contributed by atoms with Crippen LogP contribution in [0.15, 0.2) is 12.2 Å². The topological polar surface area (TPSA) is 78.9 Å². The highest BCUT2D eigenvalue weighted by molar-refractivity contribution is 5.70. The molecule has 6 nitrogen and oxygen atoms in total. The molecule has 1 unspecified atom stereocenters. The van der Waals surface area contributed by atoms with Gasteiger partial charge in [0.25, 0.3) is 0 Å². The highest BCUT2D eigenvalue weighted by atomic mass is 16.5. The summed E-state index contributed by atoms with van der Waals surface area (Å²) in [5.41, 5.74) is 0. The van der Waals surface area contributed by atoms with E-state index in [0.29, 0.717) is 32.5 Å². The second-order valence-electron chi connectivity index (χ2n) is 26.5. The number of allylic oxidation sites excluding steroid dienone is 2. The van der Waals surface area contributed by atoms with Crippen LogP contribution in [0.4, 0.5) is 0 Å². The van der Waals surface area contributed by atoms with Crippen LogP contribution < -0.4 is 0 Å². The van der Waals surface area contributed by atoms with Gasteiger partial charge < -0.3 is 14.2 Å². The Morgan fingerprint density at radius 3 is 0.756 bits per heavy atom. The average Bonchev–Trinajstić information content (AvgIpc) is 3.56. The van der Waals surface area contributed by atoms with E-state index in [-0.39, 0.29) is 24.0 Å². The van der Waals surface area contributed by atoms with Gasteiger partial charge in [0.15, 0.2) is 0 Å². The normalized spacial score (nSPS) is 11.6. The van der Waals surface area contributed by atoms with E-state index in [1.165, 1.54) is 340 Å². The lowest BCUT2D eigenvalue weighted by Crippen LogP contribution is -2.18. The largest absolute Gasteiger partial charge is 0.466 e. The third-order valence-electron chi connectivity index (χ3n) is 17.4. The molecule has 0 aromatic carbocycles. The van der Waals surface area contributed by atoms with Crippen LogP contribution in [-0.2, 0) is 28.6 Å². The summed E-state index contributed by atoms with van der Waals surface area (Å²) in [6, 6.07) is 0. The molecule has 0 rings (SSSR count). The van der Waals surface area contributed by atoms with E-state index in [1.54, 1.807) is 0 Å². The maximum absolute atomic E-state index is 12.3. The molecule has 0 aliphatic carbocycles. The maximum Gasteiger partial charge on any atom is 0.306 e. The van der Waals surface area contributed by atoms with Gasteiger partial charge in [-0.05, 0) is 77.0 Å². The molecule has 1 atom stereocenters. The van der Waals surface area contributed by atoms with Crippen molar-refractivity contribution in [3.63, 3.8) is 0 Å². The van der Waals surface area contributed by atoms with Gasteiger partial charge >= 0.3 is 17.9 Å². The average molecular weight is 1220 g/mol. The Hall–Kier alpha value is -1.85. The van der Waals surface area contributed by atoms with Crippen molar-refractivity contribution in [2.45, 2.75) is 472 Å². The van der Waals surface area contributed by atoms with Crippen molar-refractivity contribution in [2.24, 2.45) is 0 Å². The van der Waals surface area contributed by atoms with Gasteiger partial charge in [0.1, 0.15) is 6.10 Å². The van der Waals surface area contributed by atoms with Crippen molar-refractivity contribution in [1.82, 2.24) is 0 Å². The molecule has 0 heterocycles. The molecule has 0 bridgehead atoms. The Bertz CT molecular complexity index is 1280. The first-order valence-electron chi connectivity index (χ1n) is 39.5. The van der Waals surface area contributed by atoms with Gasteiger partial charge in [-0.3, -0.25) is 14.4 Å². The summed E-state index contributed by atoms with van der Waals surface area (Å²) in [6.07, 6.45) is 87.5. The summed E-state index contributed by atoms with van der Waals surface area (Å²) < 4.78 is 16.4. The Labute approximate surface area is 541 Å². The summed E-state index contributed by atoms with van der Waals surface area (Å²) >= 11 is 0. The van der Waals surface area contributed by atoms with Gasteiger partial charge in [0.2, 0.25) is 0 Å². The molecule has 0 fully saturated rings. The number of carbonyl (C=O) groups is 3. The molecule has 0 radical (unpaired) electrons. The highest BCUT2D eigenvalue weighted by Gasteiger charge is 2.14. The number of unbranched alkanes of at least 4 members (excludes halogenated alkanes) is 52. The zero-order valence-electron chi connectivity index (χ0n) is 60.1. The van der Waals surface area contributed by atoms with Gasteiger partial charge in [-0.15, -0.1) is 0 Å². The van der Waals surface area contributed by atoms with Crippen molar-refractivity contribution in [1.29, 1.82) is 0 Å². The Balaban J connectivity index is -0.00000124. The van der Waals surface area contributed by atoms with Crippen LogP contribution in [0.5, 0.6) is 0 Å². The third-order valence-corrected chi connectivity index (χ3v) is 17.4. The van der Waals surface area contributed by atoms with Crippen LogP contribution in [0.25, 0.3) is 0 Å². The molecule has 0 amide bonds. The molecule has 0 aromatic rings. The molecule has 0 spiro atoms. The van der Waals surface area contributed by atoms with Crippen molar-refractivity contribution < 1.29 is 28.6 Å². The fraction of sp³-hybridized carbons (Fsp3) is 0.938. The van der Waals surface area contributed by atoms with E-state index < -0.39 is 0 Å². The van der Waals surface area contributed by atoms with E-state index in [2.05, 4.69) is 60.6 Å². The number of carbonyl (C=O) groups excluding carboxylic acids is 3. The van der Waals surface area contributed by atoms with Crippen LogP contribution in [0, 0.1) is 0 Å². The summed E-state index contributed by atoms with van der Waals surface area (Å²) in [5, 5.41) is 0. The van der Waals surface area contributed by atoms with Gasteiger partial charge in [0.05, 0.1) is 13.2 Å². The predicted molar refractivity (Wildman–Crippen MR) is 381 cm³/mol. The maximum atomic E-state index is 12.3. The monoisotopic (exact) mass is 1220 g/mol. The molecule has 0 aliphatic heterocycles. The first kappa shape index (κ1) is 88.3. The summed E-state index contributed by atoms with van der Waals surface area (Å²) in [7, 11) is 0. The predicted octanol–water partition coefficient (Wildman–Crippen LogP) is 28.0. The van der Waals surface area contributed by atoms with Gasteiger partial charge in [0, 0.05) is 19.3 Å². The first-order valence-corrected chi connectivity index (χ1v) is 39.5. The lowest BCUT2D eigenvalue weighted by atomic mass is 10.0. The van der Waals surface area contributed by atoms with Crippen LogP contribution in [0.3, 0.4) is 0 Å². The van der Waals surface area contributed by atoms with Crippen LogP contribution in [0.1, 0.15) is 466 Å². The second kappa shape index (κ2) is 83.2. The van der Waals surface area contributed by atoms with Crippen molar-refractivity contribution >= 4 is 17.9 Å². The molecular weight excluding hydrogens is 1060 g/mol. The minimum Gasteiger partial charge on any atom is -0.466 e. The second-order valence-corrected chi connectivity index (χ2v) is 26.5. The number of rotatable bonds is 69. The zero-order valence-corrected chi connectivity index (χ0v) is 60.1. The Morgan fingerprint density at radius 2 is 0.453 bits per heavy atom. The number of esters is 3. The van der Waals surface area contributed by atoms with Crippen molar-refractivity contribution in [3.8, 4) is 0 Å². The molecule has 0 aromatic heterocycles. The van der Waals surface area contributed by atoms with Crippen LogP contribution in [0.2, 0.25) is 0 Å². The Kier molecular flexibility index (Phi) is 85.4. The smallest absolute Gasteiger partial charge is 0.306 e. The molecule has 86 heavy (non-hydrogen) atoms. The summed E-state index contributed by atoms with van der Waals surface area (Å²) in [6.45, 7) is 16.9. The minimum atomic E-state index is -0.00521. The molecular formula is C80H158O6. The molecule has 0 aliphatic rings. The number of hydrogen-bond donors (Lipinski definition) is 0. The van der Waals surface area contributed by atoms with E-state index in [4.69, 9.17) is 14.2 Å². The quantitative estimate of drug-likeness (QED) is 0.0261. The van der Waals surface area contributed by atoms with E-state index in [1.807, 2.05) is 0 Å². The molecule has 0 saturated carbocycles. The standard InChI is InChI=1S/C32H64O2.C30H58O2.C18H36O2/c1-3-5-7-9-11-13-15-17-19-21-23-25-27-29-31-34-32(33)30-28-26-24-22-20-18-16-14-12-10-8-6-4-2;1-4-7-10-12-13-14-15-16-17-18-19-20-21-23-25-28-30(31)32-29(26-9-6-3)27-24-22-11-8-5-2;1-3-5-7-8-9-10-11-12-13-14-15-16-18(19)20-17-6-4-2/h3-31H2,1-2H3;16-17,29H,4-15,18-28H2,1-3H3;3-17H2,1-2H3/b;17-16-;. The van der Waals surface area contributed by atoms with E-state index in [9.17, 15) is 14.4 Å². The van der Waals surface area contributed by atoms with E-state index >= 15 is 0 Å². The van der Waals surface area contributed by atoms with E-state index in [0.717, 1.165) is 57.8 Å². The fourth-order valence-corrected chi connectivity index (χ4v) is 11.4. The third kappa shape index (κ3) is 84.2. The Morgan fingerprint density at radius 1 is 0.233 bits per heavy atom. The minimum absolute atomic E-state index is 0.00521. The number of hydrogen-bond acceptors (Lipinski definition) is 6. The molecule has 0 saturated heterocycles. The molecule has 6 heteroatoms. The lowest BCUT2D eigenvalue weighted by molar-refractivity contribution is -0.150. The van der Waals surface area contributed by atoms with Gasteiger partial charge in [-0.2, -0.15) is 0 Å². The van der Waals surface area contributed by atoms with Crippen LogP contribution >= 0.6 is 0 Å². The fourth-order valence-electron chi connectivity index (χ4n) is 11.4. The van der Waals surface area contributed by atoms with Gasteiger partial charge in [-0.25, -0.2) is 0 Å². The summed E-state index contributed by atoms with van der Waals surface area (Å²) in [5.74, 6) is 0.0597. The molecule has 0 N–H and O–H groups in total. The number of ether oxygens (including phenoxy) is 3. The van der Waals surface area contributed by atoms with Crippen molar-refractivity contribution in [3.05, 3.63) is 12.2 Å². The molecule has 514 valence electrons. The SMILES string of the molecule is CCCCCCCC/C=C\CCCCCCCC(=O)OC(CCCC)CCCCCCC.CCCCCCCCCCCCCC(=O)OCCCC.CCCCCCCCCCCCCCCCOC(=O)CCCCCCCCCCCCCCC. The lowest BCUT2D eigenvalue weighted by Gasteiger charge is -2.18. The highest BCUT2D eigenvalue weighted by Crippen LogP contribution is 2.19. The van der Waals surface area contributed by atoms with Crippen LogP contribution in [-0.4, -0.2) is 37.2 Å². The first-order chi connectivity index (χ1) is 42.4. The summed E-state index contributed by atoms with van der Waals surface area (Å²) in [4.78, 5) is 35.5. The zero-order chi connectivity index (χ0) is 63.2.